The SMILES string of the molecule is Cc1cc(F)ccc1CCNC[C@@H](C)NS(=O)(=O)c1ccc2cnccc2c1. The third-order valence-corrected chi connectivity index (χ3v) is 6.19. The summed E-state index contributed by atoms with van der Waals surface area (Å²) in [6.07, 6.45) is 4.10. The van der Waals surface area contributed by atoms with Crippen LogP contribution in [0.1, 0.15) is 18.1 Å². The zero-order chi connectivity index (χ0) is 20.1. The zero-order valence-electron chi connectivity index (χ0n) is 15.9. The molecule has 0 fully saturated rings. The fraction of sp³-hybridized carbons (Fsp3) is 0.286. The fourth-order valence-electron chi connectivity index (χ4n) is 3.08. The molecule has 0 radical (unpaired) electrons. The molecule has 0 saturated heterocycles. The smallest absolute Gasteiger partial charge is 0.240 e. The maximum absolute atomic E-state index is 13.1. The first-order chi connectivity index (χ1) is 13.3. The standard InChI is InChI=1S/C21H24FN3O2S/c1-15-11-20(22)5-3-17(15)7-9-23-13-16(2)25-28(26,27)21-6-4-19-14-24-10-8-18(19)12-21/h3-6,8,10-12,14,16,23,25H,7,9,13H2,1-2H3/t16-/m1/s1. The van der Waals surface area contributed by atoms with E-state index < -0.39 is 10.0 Å². The topological polar surface area (TPSA) is 71.1 Å². The van der Waals surface area contributed by atoms with Crippen LogP contribution in [0.15, 0.2) is 59.8 Å². The lowest BCUT2D eigenvalue weighted by Gasteiger charge is -2.16. The average molecular weight is 402 g/mol. The third kappa shape index (κ3) is 5.13. The van der Waals surface area contributed by atoms with E-state index in [-0.39, 0.29) is 16.8 Å². The van der Waals surface area contributed by atoms with Gasteiger partial charge in [-0.3, -0.25) is 4.98 Å². The maximum Gasteiger partial charge on any atom is 0.240 e. The predicted molar refractivity (Wildman–Crippen MR) is 109 cm³/mol. The summed E-state index contributed by atoms with van der Waals surface area (Å²) in [5.74, 6) is -0.234. The van der Waals surface area contributed by atoms with Gasteiger partial charge < -0.3 is 5.32 Å². The first kappa shape index (κ1) is 20.4. The number of benzene rings is 2. The highest BCUT2D eigenvalue weighted by Crippen LogP contribution is 2.18. The van der Waals surface area contributed by atoms with Crippen LogP contribution in [0.4, 0.5) is 4.39 Å². The van der Waals surface area contributed by atoms with Crippen molar-refractivity contribution in [1.29, 1.82) is 0 Å². The van der Waals surface area contributed by atoms with E-state index in [9.17, 15) is 12.8 Å². The van der Waals surface area contributed by atoms with Crippen molar-refractivity contribution in [3.8, 4) is 0 Å². The van der Waals surface area contributed by atoms with E-state index in [0.717, 1.165) is 28.3 Å². The van der Waals surface area contributed by atoms with Gasteiger partial charge >= 0.3 is 0 Å². The van der Waals surface area contributed by atoms with E-state index in [2.05, 4.69) is 15.0 Å². The molecule has 28 heavy (non-hydrogen) atoms. The van der Waals surface area contributed by atoms with Crippen molar-refractivity contribution in [1.82, 2.24) is 15.0 Å². The Labute approximate surface area is 165 Å². The molecule has 3 rings (SSSR count). The molecule has 0 aliphatic rings. The molecule has 5 nitrogen and oxygen atoms in total. The Bertz CT molecular complexity index is 1070. The normalized spacial score (nSPS) is 13.0. The van der Waals surface area contributed by atoms with Crippen molar-refractivity contribution in [3.05, 3.63) is 71.8 Å². The van der Waals surface area contributed by atoms with Crippen LogP contribution in [0.2, 0.25) is 0 Å². The molecule has 0 spiro atoms. The molecule has 0 unspecified atom stereocenters. The van der Waals surface area contributed by atoms with E-state index in [1.165, 1.54) is 12.1 Å². The van der Waals surface area contributed by atoms with E-state index in [1.807, 2.05) is 13.8 Å². The molecule has 148 valence electrons. The van der Waals surface area contributed by atoms with Gasteiger partial charge in [-0.05, 0) is 73.7 Å². The fourth-order valence-corrected chi connectivity index (χ4v) is 4.36. The highest BCUT2D eigenvalue weighted by Gasteiger charge is 2.17. The van der Waals surface area contributed by atoms with E-state index >= 15 is 0 Å². The first-order valence-corrected chi connectivity index (χ1v) is 10.7. The van der Waals surface area contributed by atoms with Crippen LogP contribution in [0.25, 0.3) is 10.8 Å². The number of halogens is 1. The maximum atomic E-state index is 13.1. The quantitative estimate of drug-likeness (QED) is 0.569. The molecule has 0 amide bonds. The van der Waals surface area contributed by atoms with Gasteiger partial charge in [-0.15, -0.1) is 0 Å². The summed E-state index contributed by atoms with van der Waals surface area (Å²) in [5.41, 5.74) is 2.00. The van der Waals surface area contributed by atoms with Crippen LogP contribution >= 0.6 is 0 Å². The van der Waals surface area contributed by atoms with Crippen molar-refractivity contribution in [3.63, 3.8) is 0 Å². The van der Waals surface area contributed by atoms with Crippen molar-refractivity contribution in [2.75, 3.05) is 13.1 Å². The van der Waals surface area contributed by atoms with Crippen molar-refractivity contribution in [2.45, 2.75) is 31.2 Å². The highest BCUT2D eigenvalue weighted by molar-refractivity contribution is 7.89. The molecule has 0 aliphatic carbocycles. The summed E-state index contributed by atoms with van der Waals surface area (Å²) in [5, 5.41) is 4.98. The second kappa shape index (κ2) is 8.77. The number of nitrogens with one attached hydrogen (secondary N) is 2. The molecule has 7 heteroatoms. The number of hydrogen-bond acceptors (Lipinski definition) is 4. The minimum atomic E-state index is -3.60. The van der Waals surface area contributed by atoms with E-state index in [1.54, 1.807) is 42.7 Å². The van der Waals surface area contributed by atoms with Crippen LogP contribution in [0.3, 0.4) is 0 Å². The van der Waals surface area contributed by atoms with E-state index in [4.69, 9.17) is 0 Å². The number of hydrogen-bond donors (Lipinski definition) is 2. The Morgan fingerprint density at radius 3 is 2.71 bits per heavy atom. The van der Waals surface area contributed by atoms with E-state index in [0.29, 0.717) is 13.1 Å². The van der Waals surface area contributed by atoms with Crippen LogP contribution in [-0.4, -0.2) is 32.5 Å². The molecular weight excluding hydrogens is 377 g/mol. The van der Waals surface area contributed by atoms with Gasteiger partial charge in [0.1, 0.15) is 5.82 Å². The number of pyridine rings is 1. The van der Waals surface area contributed by atoms with Gasteiger partial charge in [0.25, 0.3) is 0 Å². The molecule has 0 saturated carbocycles. The van der Waals surface area contributed by atoms with Gasteiger partial charge in [-0.1, -0.05) is 12.1 Å². The lowest BCUT2D eigenvalue weighted by molar-refractivity contribution is 0.537. The molecule has 2 N–H and O–H groups in total. The number of rotatable bonds is 8. The summed E-state index contributed by atoms with van der Waals surface area (Å²) in [4.78, 5) is 4.27. The molecule has 0 bridgehead atoms. The summed E-state index contributed by atoms with van der Waals surface area (Å²) in [6, 6.07) is 11.3. The summed E-state index contributed by atoms with van der Waals surface area (Å²) >= 11 is 0. The number of fused-ring (bicyclic) bond motifs is 1. The predicted octanol–water partition coefficient (Wildman–Crippen LogP) is 3.18. The Hall–Kier alpha value is -2.35. The molecule has 1 heterocycles. The van der Waals surface area contributed by atoms with Crippen LogP contribution in [-0.2, 0) is 16.4 Å². The van der Waals surface area contributed by atoms with Gasteiger partial charge in [0, 0.05) is 30.4 Å². The number of sulfonamides is 1. The largest absolute Gasteiger partial charge is 0.315 e. The minimum absolute atomic E-state index is 0.234. The second-order valence-corrected chi connectivity index (χ2v) is 8.65. The summed E-state index contributed by atoms with van der Waals surface area (Å²) in [7, 11) is -3.60. The Balaban J connectivity index is 1.53. The second-order valence-electron chi connectivity index (χ2n) is 6.93. The van der Waals surface area contributed by atoms with Gasteiger partial charge in [0.2, 0.25) is 10.0 Å². The third-order valence-electron chi connectivity index (χ3n) is 4.60. The number of aromatic nitrogens is 1. The Morgan fingerprint density at radius 1 is 1.11 bits per heavy atom. The van der Waals surface area contributed by atoms with Crippen molar-refractivity contribution >= 4 is 20.8 Å². The van der Waals surface area contributed by atoms with Crippen LogP contribution in [0.5, 0.6) is 0 Å². The van der Waals surface area contributed by atoms with Gasteiger partial charge in [0.05, 0.1) is 4.90 Å². The minimum Gasteiger partial charge on any atom is -0.315 e. The Kier molecular flexibility index (Phi) is 6.39. The lowest BCUT2D eigenvalue weighted by Crippen LogP contribution is -2.40. The monoisotopic (exact) mass is 401 g/mol. The number of aryl methyl sites for hydroxylation is 1. The molecule has 1 aromatic heterocycles. The molecule has 0 aliphatic heterocycles. The summed E-state index contributed by atoms with van der Waals surface area (Å²) < 4.78 is 41.1. The first-order valence-electron chi connectivity index (χ1n) is 9.17. The van der Waals surface area contributed by atoms with Crippen LogP contribution < -0.4 is 10.0 Å². The molecule has 1 atom stereocenters. The van der Waals surface area contributed by atoms with Gasteiger partial charge in [0.15, 0.2) is 0 Å². The lowest BCUT2D eigenvalue weighted by atomic mass is 10.1. The zero-order valence-corrected chi connectivity index (χ0v) is 16.8. The van der Waals surface area contributed by atoms with Crippen molar-refractivity contribution < 1.29 is 12.8 Å². The van der Waals surface area contributed by atoms with Crippen molar-refractivity contribution in [2.24, 2.45) is 0 Å². The van der Waals surface area contributed by atoms with Gasteiger partial charge in [-0.2, -0.15) is 0 Å². The highest BCUT2D eigenvalue weighted by atomic mass is 32.2. The Morgan fingerprint density at radius 2 is 1.93 bits per heavy atom. The van der Waals surface area contributed by atoms with Crippen LogP contribution in [0, 0.1) is 12.7 Å². The average Bonchev–Trinajstić information content (AvgIpc) is 2.66. The molecule has 2 aromatic carbocycles. The number of nitrogens with zero attached hydrogens (tertiary/aromatic N) is 1. The summed E-state index contributed by atoms with van der Waals surface area (Å²) in [6.45, 7) is 4.88. The molecule has 3 aromatic rings. The van der Waals surface area contributed by atoms with Gasteiger partial charge in [-0.25, -0.2) is 17.5 Å². The molecular formula is C21H24FN3O2S.